The van der Waals surface area contributed by atoms with Crippen molar-refractivity contribution >= 4 is 84.0 Å². The van der Waals surface area contributed by atoms with Gasteiger partial charge >= 0.3 is 0 Å². The Morgan fingerprint density at radius 2 is 1.91 bits per heavy atom. The molecular weight excluding hydrogens is 577 g/mol. The lowest BCUT2D eigenvalue weighted by Gasteiger charge is -2.14. The number of hydrogen-bond acceptors (Lipinski definition) is 5. The van der Waals surface area contributed by atoms with Gasteiger partial charge < -0.3 is 5.32 Å². The molecule has 0 spiro atoms. The molecule has 0 aliphatic heterocycles. The number of thiophene rings is 1. The molecule has 5 nitrogen and oxygen atoms in total. The SMILES string of the molecule is O=C(CSc1nc2sc3c(c2c(=O)n1-c1ccc(Br)cc1)CCCC3)Nc1ccc(Cl)cc1Cl. The monoisotopic (exact) mass is 593 g/mol. The molecule has 0 unspecified atom stereocenters. The van der Waals surface area contributed by atoms with Crippen LogP contribution in [0.15, 0.2) is 56.9 Å². The molecule has 0 saturated heterocycles. The number of benzene rings is 2. The second-order valence-electron chi connectivity index (χ2n) is 7.86. The van der Waals surface area contributed by atoms with Crippen LogP contribution in [0.2, 0.25) is 10.0 Å². The number of halogens is 3. The van der Waals surface area contributed by atoms with Crippen molar-refractivity contribution in [2.24, 2.45) is 0 Å². The van der Waals surface area contributed by atoms with Crippen molar-refractivity contribution in [2.75, 3.05) is 11.1 Å². The number of anilines is 1. The first-order valence-electron chi connectivity index (χ1n) is 10.6. The largest absolute Gasteiger partial charge is 0.324 e. The first kappa shape index (κ1) is 23.9. The minimum atomic E-state index is -0.253. The fourth-order valence-corrected chi connectivity index (χ4v) is 6.84. The fourth-order valence-electron chi connectivity index (χ4n) is 4.01. The highest BCUT2D eigenvalue weighted by molar-refractivity contribution is 9.10. The van der Waals surface area contributed by atoms with Crippen LogP contribution < -0.4 is 10.9 Å². The van der Waals surface area contributed by atoms with Gasteiger partial charge in [0.1, 0.15) is 4.83 Å². The Hall–Kier alpha value is -1.84. The number of amides is 1. The molecule has 0 atom stereocenters. The van der Waals surface area contributed by atoms with Gasteiger partial charge in [0.15, 0.2) is 5.16 Å². The lowest BCUT2D eigenvalue weighted by Crippen LogP contribution is -2.23. The van der Waals surface area contributed by atoms with Gasteiger partial charge in [0.25, 0.3) is 5.56 Å². The van der Waals surface area contributed by atoms with Gasteiger partial charge in [-0.1, -0.05) is 50.9 Å². The summed E-state index contributed by atoms with van der Waals surface area (Å²) in [5, 5.41) is 4.85. The quantitative estimate of drug-likeness (QED) is 0.197. The number of nitrogens with zero attached hydrogens (tertiary/aromatic N) is 2. The number of fused-ring (bicyclic) bond motifs is 3. The summed E-state index contributed by atoms with van der Waals surface area (Å²) in [4.78, 5) is 33.3. The van der Waals surface area contributed by atoms with Crippen molar-refractivity contribution in [1.82, 2.24) is 9.55 Å². The summed E-state index contributed by atoms with van der Waals surface area (Å²) in [5.74, 6) is -0.185. The highest BCUT2D eigenvalue weighted by Crippen LogP contribution is 2.35. The van der Waals surface area contributed by atoms with Gasteiger partial charge in [-0.25, -0.2) is 4.98 Å². The predicted molar refractivity (Wildman–Crippen MR) is 145 cm³/mol. The average Bonchev–Trinajstić information content (AvgIpc) is 3.19. The fraction of sp³-hybridized carbons (Fsp3) is 0.208. The van der Waals surface area contributed by atoms with Gasteiger partial charge in [0, 0.05) is 14.4 Å². The average molecular weight is 595 g/mol. The van der Waals surface area contributed by atoms with Crippen LogP contribution >= 0.6 is 62.2 Å². The highest BCUT2D eigenvalue weighted by atomic mass is 79.9. The van der Waals surface area contributed by atoms with E-state index in [1.807, 2.05) is 24.3 Å². The maximum Gasteiger partial charge on any atom is 0.267 e. The summed E-state index contributed by atoms with van der Waals surface area (Å²) in [6, 6.07) is 12.4. The maximum absolute atomic E-state index is 13.8. The van der Waals surface area contributed by atoms with Crippen LogP contribution in [0.3, 0.4) is 0 Å². The van der Waals surface area contributed by atoms with Crippen molar-refractivity contribution < 1.29 is 4.79 Å². The van der Waals surface area contributed by atoms with Crippen molar-refractivity contribution in [1.29, 1.82) is 0 Å². The molecule has 10 heteroatoms. The molecule has 1 aliphatic rings. The zero-order valence-electron chi connectivity index (χ0n) is 17.7. The second-order valence-corrected chi connectivity index (χ2v) is 11.6. The molecule has 0 fully saturated rings. The highest BCUT2D eigenvalue weighted by Gasteiger charge is 2.23. The van der Waals surface area contributed by atoms with Crippen LogP contribution in [0, 0.1) is 0 Å². The van der Waals surface area contributed by atoms with E-state index >= 15 is 0 Å². The van der Waals surface area contributed by atoms with Gasteiger partial charge in [-0.3, -0.25) is 14.2 Å². The molecular formula is C24H18BrCl2N3O2S2. The van der Waals surface area contributed by atoms with Crippen LogP contribution in [0.1, 0.15) is 23.3 Å². The number of aryl methyl sites for hydroxylation is 2. The normalized spacial score (nSPS) is 13.1. The van der Waals surface area contributed by atoms with E-state index < -0.39 is 0 Å². The maximum atomic E-state index is 13.8. The third kappa shape index (κ3) is 4.79. The van der Waals surface area contributed by atoms with Crippen molar-refractivity contribution in [3.8, 4) is 5.69 Å². The minimum Gasteiger partial charge on any atom is -0.324 e. The lowest BCUT2D eigenvalue weighted by molar-refractivity contribution is -0.113. The second kappa shape index (κ2) is 10.0. The number of carbonyl (C=O) groups excluding carboxylic acids is 1. The Labute approximate surface area is 222 Å². The van der Waals surface area contributed by atoms with Gasteiger partial charge in [-0.2, -0.15) is 0 Å². The van der Waals surface area contributed by atoms with E-state index in [1.54, 1.807) is 34.1 Å². The number of aromatic nitrogens is 2. The van der Waals surface area contributed by atoms with Crippen LogP contribution in [-0.4, -0.2) is 21.2 Å². The summed E-state index contributed by atoms with van der Waals surface area (Å²) in [5.41, 5.74) is 2.25. The Kier molecular flexibility index (Phi) is 7.04. The van der Waals surface area contributed by atoms with E-state index in [9.17, 15) is 9.59 Å². The van der Waals surface area contributed by atoms with E-state index in [4.69, 9.17) is 28.2 Å². The number of rotatable bonds is 5. The van der Waals surface area contributed by atoms with Crippen molar-refractivity contribution in [2.45, 2.75) is 30.8 Å². The van der Waals surface area contributed by atoms with Gasteiger partial charge in [0.2, 0.25) is 5.91 Å². The summed E-state index contributed by atoms with van der Waals surface area (Å²) in [7, 11) is 0. The zero-order valence-corrected chi connectivity index (χ0v) is 22.5. The van der Waals surface area contributed by atoms with E-state index in [-0.39, 0.29) is 17.2 Å². The van der Waals surface area contributed by atoms with Crippen LogP contribution in [-0.2, 0) is 17.6 Å². The molecule has 0 radical (unpaired) electrons. The third-order valence-electron chi connectivity index (χ3n) is 5.58. The van der Waals surface area contributed by atoms with Gasteiger partial charge in [0.05, 0.1) is 27.5 Å². The smallest absolute Gasteiger partial charge is 0.267 e. The molecule has 0 saturated carbocycles. The molecule has 2 heterocycles. The molecule has 2 aromatic carbocycles. The van der Waals surface area contributed by atoms with Crippen LogP contribution in [0.5, 0.6) is 0 Å². The van der Waals surface area contributed by atoms with E-state index in [0.717, 1.165) is 40.5 Å². The molecule has 2 aromatic heterocycles. The molecule has 5 rings (SSSR count). The van der Waals surface area contributed by atoms with E-state index in [2.05, 4.69) is 21.2 Å². The number of hydrogen-bond donors (Lipinski definition) is 1. The number of nitrogens with one attached hydrogen (secondary N) is 1. The summed E-state index contributed by atoms with van der Waals surface area (Å²) < 4.78 is 2.53. The predicted octanol–water partition coefficient (Wildman–Crippen LogP) is 7.13. The molecule has 4 aromatic rings. The lowest BCUT2D eigenvalue weighted by atomic mass is 9.97. The Balaban J connectivity index is 1.51. The topological polar surface area (TPSA) is 64.0 Å². The summed E-state index contributed by atoms with van der Waals surface area (Å²) >= 11 is 18.4. The summed E-state index contributed by atoms with van der Waals surface area (Å²) in [6.45, 7) is 0. The Bertz CT molecular complexity index is 1470. The van der Waals surface area contributed by atoms with Gasteiger partial charge in [-0.05, 0) is 73.7 Å². The molecule has 1 N–H and O–H groups in total. The Morgan fingerprint density at radius 3 is 2.68 bits per heavy atom. The molecule has 1 aliphatic carbocycles. The number of carbonyl (C=O) groups is 1. The molecule has 1 amide bonds. The van der Waals surface area contributed by atoms with E-state index in [1.165, 1.54) is 16.6 Å². The standard InChI is InChI=1S/C24H18BrCl2N3O2S2/c25-13-5-8-15(9-6-13)30-23(32)21-16-3-1-2-4-19(16)34-22(21)29-24(30)33-12-20(31)28-18-10-7-14(26)11-17(18)27/h5-11H,1-4,12H2,(H,28,31). The zero-order chi connectivity index (χ0) is 23.8. The first-order valence-corrected chi connectivity index (χ1v) is 14.0. The molecule has 0 bridgehead atoms. The van der Waals surface area contributed by atoms with Crippen LogP contribution in [0.25, 0.3) is 15.9 Å². The first-order chi connectivity index (χ1) is 16.4. The Morgan fingerprint density at radius 1 is 1.15 bits per heavy atom. The van der Waals surface area contributed by atoms with Crippen molar-refractivity contribution in [3.05, 3.63) is 77.8 Å². The van der Waals surface area contributed by atoms with E-state index in [0.29, 0.717) is 32.0 Å². The molecule has 34 heavy (non-hydrogen) atoms. The number of thioether (sulfide) groups is 1. The third-order valence-corrected chi connectivity index (χ3v) is 8.78. The molecule has 174 valence electrons. The van der Waals surface area contributed by atoms with Gasteiger partial charge in [-0.15, -0.1) is 11.3 Å². The summed E-state index contributed by atoms with van der Waals surface area (Å²) in [6.07, 6.45) is 4.11. The van der Waals surface area contributed by atoms with Crippen molar-refractivity contribution in [3.63, 3.8) is 0 Å². The van der Waals surface area contributed by atoms with Crippen LogP contribution in [0.4, 0.5) is 5.69 Å². The minimum absolute atomic E-state index is 0.0680.